The summed E-state index contributed by atoms with van der Waals surface area (Å²) in [5, 5.41) is 9.40. The maximum Gasteiger partial charge on any atom is 0.310 e. The zero-order chi connectivity index (χ0) is 14.9. The van der Waals surface area contributed by atoms with Gasteiger partial charge in [0.1, 0.15) is 0 Å². The number of hydrogen-bond donors (Lipinski definition) is 1. The first-order valence-corrected chi connectivity index (χ1v) is 9.09. The molecule has 3 aliphatic rings. The molecule has 0 amide bonds. The normalized spacial score (nSPS) is 40.2. The van der Waals surface area contributed by atoms with Crippen molar-refractivity contribution in [3.8, 4) is 0 Å². The Hall–Kier alpha value is -0.300. The molecule has 0 aromatic heterocycles. The van der Waals surface area contributed by atoms with Gasteiger partial charge in [0.05, 0.1) is 24.7 Å². The van der Waals surface area contributed by atoms with Gasteiger partial charge in [0.15, 0.2) is 0 Å². The van der Waals surface area contributed by atoms with Crippen LogP contribution in [0.4, 0.5) is 0 Å². The van der Waals surface area contributed by atoms with Crippen LogP contribution in [0.1, 0.15) is 26.2 Å². The van der Waals surface area contributed by atoms with Gasteiger partial charge in [-0.15, -0.1) is 0 Å². The van der Waals surface area contributed by atoms with Crippen molar-refractivity contribution in [2.24, 2.45) is 5.92 Å². The minimum atomic E-state index is -0.728. The number of nitrogens with zero attached hydrogens (tertiary/aromatic N) is 1. The van der Waals surface area contributed by atoms with Gasteiger partial charge in [-0.3, -0.25) is 9.69 Å². The van der Waals surface area contributed by atoms with Crippen molar-refractivity contribution < 1.29 is 19.4 Å². The highest BCUT2D eigenvalue weighted by atomic mass is 32.2. The number of rotatable bonds is 4. The van der Waals surface area contributed by atoms with Crippen molar-refractivity contribution in [2.75, 3.05) is 37.9 Å². The van der Waals surface area contributed by atoms with E-state index in [9.17, 15) is 9.90 Å². The Kier molecular flexibility index (Phi) is 4.78. The summed E-state index contributed by atoms with van der Waals surface area (Å²) in [6, 6.07) is 0.442. The van der Waals surface area contributed by atoms with Crippen molar-refractivity contribution in [2.45, 2.75) is 43.9 Å². The molecule has 3 rings (SSSR count). The number of thioether (sulfide) groups is 1. The van der Waals surface area contributed by atoms with Gasteiger partial charge in [-0.25, -0.2) is 0 Å². The minimum absolute atomic E-state index is 0.0155. The number of ether oxygens (including phenoxy) is 2. The van der Waals surface area contributed by atoms with E-state index in [2.05, 4.69) is 11.8 Å². The molecule has 0 radical (unpaired) electrons. The average molecular weight is 315 g/mol. The number of carboxylic acid groups (broad SMARTS) is 1. The lowest BCUT2D eigenvalue weighted by molar-refractivity contribution is -0.144. The molecule has 0 bridgehead atoms. The number of aliphatic carboxylic acids is 1. The molecule has 3 heterocycles. The first-order chi connectivity index (χ1) is 10.2. The fraction of sp³-hybridized carbons (Fsp3) is 0.933. The molecule has 0 aromatic carbocycles. The first kappa shape index (κ1) is 15.6. The Morgan fingerprint density at radius 2 is 2.33 bits per heavy atom. The van der Waals surface area contributed by atoms with Crippen molar-refractivity contribution in [3.63, 3.8) is 0 Å². The second-order valence-electron chi connectivity index (χ2n) is 6.36. The largest absolute Gasteiger partial charge is 0.481 e. The molecule has 6 heteroatoms. The predicted molar refractivity (Wildman–Crippen MR) is 81.8 cm³/mol. The van der Waals surface area contributed by atoms with Crippen LogP contribution < -0.4 is 0 Å². The SMILES string of the molecule is CCN(C1CCOC2(CCSC2)C1)C1COCC1C(=O)O. The third kappa shape index (κ3) is 3.09. The molecule has 0 aromatic rings. The zero-order valence-electron chi connectivity index (χ0n) is 12.6. The van der Waals surface area contributed by atoms with Crippen LogP contribution in [-0.4, -0.2) is 71.5 Å². The molecule has 0 saturated carbocycles. The summed E-state index contributed by atoms with van der Waals surface area (Å²) in [4.78, 5) is 13.8. The summed E-state index contributed by atoms with van der Waals surface area (Å²) in [5.74, 6) is 1.16. The lowest BCUT2D eigenvalue weighted by Gasteiger charge is -2.44. The maximum absolute atomic E-state index is 11.4. The van der Waals surface area contributed by atoms with E-state index in [1.807, 2.05) is 11.8 Å². The summed E-state index contributed by atoms with van der Waals surface area (Å²) >= 11 is 1.98. The summed E-state index contributed by atoms with van der Waals surface area (Å²) in [6.07, 6.45) is 3.18. The Balaban J connectivity index is 1.71. The Bertz CT molecular complexity index is 386. The number of carbonyl (C=O) groups is 1. The van der Waals surface area contributed by atoms with E-state index in [-0.39, 0.29) is 17.6 Å². The van der Waals surface area contributed by atoms with Gasteiger partial charge in [-0.05, 0) is 31.6 Å². The van der Waals surface area contributed by atoms with E-state index >= 15 is 0 Å². The monoisotopic (exact) mass is 315 g/mol. The molecule has 3 saturated heterocycles. The number of carboxylic acids is 1. The topological polar surface area (TPSA) is 59.0 Å². The van der Waals surface area contributed by atoms with Gasteiger partial charge in [0.25, 0.3) is 0 Å². The van der Waals surface area contributed by atoms with Gasteiger partial charge >= 0.3 is 5.97 Å². The smallest absolute Gasteiger partial charge is 0.310 e. The fourth-order valence-electron chi connectivity index (χ4n) is 4.02. The summed E-state index contributed by atoms with van der Waals surface area (Å²) in [6.45, 7) is 4.70. The summed E-state index contributed by atoms with van der Waals surface area (Å²) < 4.78 is 11.6. The van der Waals surface area contributed by atoms with Crippen molar-refractivity contribution in [1.82, 2.24) is 4.90 Å². The van der Waals surface area contributed by atoms with Crippen LogP contribution in [0.3, 0.4) is 0 Å². The quantitative estimate of drug-likeness (QED) is 0.848. The molecule has 4 unspecified atom stereocenters. The standard InChI is InChI=1S/C15H25NO4S/c1-2-16(13-9-19-8-12(13)14(17)18)11-3-5-20-15(7-11)4-6-21-10-15/h11-13H,2-10H2,1H3,(H,17,18). The van der Waals surface area contributed by atoms with Crippen molar-refractivity contribution in [1.29, 1.82) is 0 Å². The van der Waals surface area contributed by atoms with Crippen LogP contribution >= 0.6 is 11.8 Å². The van der Waals surface area contributed by atoms with Gasteiger partial charge in [0.2, 0.25) is 0 Å². The maximum atomic E-state index is 11.4. The Labute approximate surface area is 130 Å². The molecular formula is C15H25NO4S. The second-order valence-corrected chi connectivity index (χ2v) is 7.47. The van der Waals surface area contributed by atoms with E-state index < -0.39 is 5.97 Å². The van der Waals surface area contributed by atoms with Gasteiger partial charge in [-0.2, -0.15) is 11.8 Å². The molecule has 0 aliphatic carbocycles. The molecular weight excluding hydrogens is 290 g/mol. The summed E-state index contributed by atoms with van der Waals surface area (Å²) in [5.41, 5.74) is 0.0409. The molecule has 5 nitrogen and oxygen atoms in total. The fourth-order valence-corrected chi connectivity index (χ4v) is 5.40. The highest BCUT2D eigenvalue weighted by Gasteiger charge is 2.45. The van der Waals surface area contributed by atoms with E-state index in [0.717, 1.165) is 38.2 Å². The molecule has 1 N–H and O–H groups in total. The Morgan fingerprint density at radius 1 is 1.48 bits per heavy atom. The molecule has 3 fully saturated rings. The van der Waals surface area contributed by atoms with Gasteiger partial charge in [-0.1, -0.05) is 6.92 Å². The lowest BCUT2D eigenvalue weighted by atomic mass is 9.87. The molecule has 120 valence electrons. The Morgan fingerprint density at radius 3 is 3.00 bits per heavy atom. The molecule has 21 heavy (non-hydrogen) atoms. The van der Waals surface area contributed by atoms with E-state index in [0.29, 0.717) is 19.3 Å². The van der Waals surface area contributed by atoms with Crippen LogP contribution in [0, 0.1) is 5.92 Å². The lowest BCUT2D eigenvalue weighted by Crippen LogP contribution is -2.54. The van der Waals surface area contributed by atoms with E-state index in [4.69, 9.17) is 9.47 Å². The average Bonchev–Trinajstić information content (AvgIpc) is 3.10. The van der Waals surface area contributed by atoms with Crippen molar-refractivity contribution in [3.05, 3.63) is 0 Å². The van der Waals surface area contributed by atoms with E-state index in [1.165, 1.54) is 5.75 Å². The van der Waals surface area contributed by atoms with Gasteiger partial charge in [0, 0.05) is 24.4 Å². The molecule has 4 atom stereocenters. The minimum Gasteiger partial charge on any atom is -0.481 e. The number of hydrogen-bond acceptors (Lipinski definition) is 5. The zero-order valence-corrected chi connectivity index (χ0v) is 13.4. The molecule has 1 spiro atoms. The van der Waals surface area contributed by atoms with Crippen molar-refractivity contribution >= 4 is 17.7 Å². The highest BCUT2D eigenvalue weighted by molar-refractivity contribution is 7.99. The second kappa shape index (κ2) is 6.44. The van der Waals surface area contributed by atoms with Gasteiger partial charge < -0.3 is 14.6 Å². The first-order valence-electron chi connectivity index (χ1n) is 7.93. The number of likely N-dealkylation sites (N-methyl/N-ethyl adjacent to an activating group) is 1. The van der Waals surface area contributed by atoms with Crippen LogP contribution in [0.5, 0.6) is 0 Å². The van der Waals surface area contributed by atoms with Crippen LogP contribution in [-0.2, 0) is 14.3 Å². The van der Waals surface area contributed by atoms with Crippen LogP contribution in [0.25, 0.3) is 0 Å². The third-order valence-corrected chi connectivity index (χ3v) is 6.38. The predicted octanol–water partition coefficient (Wildman–Crippen LogP) is 1.46. The van der Waals surface area contributed by atoms with E-state index in [1.54, 1.807) is 0 Å². The molecule has 3 aliphatic heterocycles. The third-order valence-electron chi connectivity index (χ3n) is 5.16. The van der Waals surface area contributed by atoms with Crippen LogP contribution in [0.2, 0.25) is 0 Å². The highest BCUT2D eigenvalue weighted by Crippen LogP contribution is 2.40. The summed E-state index contributed by atoms with van der Waals surface area (Å²) in [7, 11) is 0. The van der Waals surface area contributed by atoms with Crippen LogP contribution in [0.15, 0.2) is 0 Å².